The number of carbonyl (C=O) groups is 2. The summed E-state index contributed by atoms with van der Waals surface area (Å²) < 4.78 is 0. The van der Waals surface area contributed by atoms with Gasteiger partial charge in [-0.3, -0.25) is 9.59 Å². The van der Waals surface area contributed by atoms with Crippen LogP contribution in [0.3, 0.4) is 0 Å². The van der Waals surface area contributed by atoms with Crippen molar-refractivity contribution in [2.75, 3.05) is 0 Å². The smallest absolute Gasteiger partial charge is 0.200 e. The molecular formula is C11H10O3. The highest BCUT2D eigenvalue weighted by atomic mass is 16.3. The molecule has 14 heavy (non-hydrogen) atoms. The topological polar surface area (TPSA) is 54.4 Å². The molecule has 3 heteroatoms. The minimum absolute atomic E-state index is 0.347. The van der Waals surface area contributed by atoms with Crippen LogP contribution in [0, 0.1) is 0 Å². The fourth-order valence-corrected chi connectivity index (χ4v) is 1.64. The second-order valence-electron chi connectivity index (χ2n) is 3.36. The zero-order valence-corrected chi connectivity index (χ0v) is 7.78. The van der Waals surface area contributed by atoms with Gasteiger partial charge in [0.1, 0.15) is 0 Å². The van der Waals surface area contributed by atoms with Crippen molar-refractivity contribution in [3.63, 3.8) is 0 Å². The number of rotatable bonds is 1. The van der Waals surface area contributed by atoms with Gasteiger partial charge in [0.15, 0.2) is 17.7 Å². The van der Waals surface area contributed by atoms with Gasteiger partial charge >= 0.3 is 0 Å². The van der Waals surface area contributed by atoms with Crippen LogP contribution in [0.2, 0.25) is 0 Å². The Morgan fingerprint density at radius 3 is 2.50 bits per heavy atom. The van der Waals surface area contributed by atoms with Gasteiger partial charge < -0.3 is 5.11 Å². The Hall–Kier alpha value is -1.48. The standard InChI is InChI=1S/C11H10O3/c1-2-6-3-4-7-8(5-6)10(13)11(14)9(7)12/h3-5,11,14H,2H2,1H3. The van der Waals surface area contributed by atoms with Gasteiger partial charge in [0.25, 0.3) is 0 Å². The van der Waals surface area contributed by atoms with Gasteiger partial charge in [-0.1, -0.05) is 19.1 Å². The number of aliphatic hydroxyl groups is 1. The van der Waals surface area contributed by atoms with E-state index in [1.165, 1.54) is 0 Å². The molecule has 0 spiro atoms. The predicted molar refractivity (Wildman–Crippen MR) is 50.5 cm³/mol. The maximum atomic E-state index is 11.4. The average molecular weight is 190 g/mol. The number of aryl methyl sites for hydroxylation is 1. The van der Waals surface area contributed by atoms with Crippen molar-refractivity contribution in [3.05, 3.63) is 34.9 Å². The summed E-state index contributed by atoms with van der Waals surface area (Å²) >= 11 is 0. The molecule has 0 aliphatic heterocycles. The minimum atomic E-state index is -1.47. The largest absolute Gasteiger partial charge is 0.377 e. The second kappa shape index (κ2) is 3.03. The second-order valence-corrected chi connectivity index (χ2v) is 3.36. The number of Topliss-reactive ketones (excluding diaryl/α,β-unsaturated/α-hetero) is 2. The molecular weight excluding hydrogens is 180 g/mol. The van der Waals surface area contributed by atoms with Gasteiger partial charge in [0, 0.05) is 11.1 Å². The highest BCUT2D eigenvalue weighted by molar-refractivity contribution is 6.28. The number of fused-ring (bicyclic) bond motifs is 1. The Morgan fingerprint density at radius 2 is 1.86 bits per heavy atom. The van der Waals surface area contributed by atoms with Gasteiger partial charge in [-0.2, -0.15) is 0 Å². The van der Waals surface area contributed by atoms with E-state index in [-0.39, 0.29) is 0 Å². The highest BCUT2D eigenvalue weighted by Crippen LogP contribution is 2.23. The Labute approximate surface area is 81.4 Å². The molecule has 1 aromatic carbocycles. The van der Waals surface area contributed by atoms with Crippen molar-refractivity contribution < 1.29 is 14.7 Å². The molecule has 3 nitrogen and oxygen atoms in total. The predicted octanol–water partition coefficient (Wildman–Crippen LogP) is 0.989. The van der Waals surface area contributed by atoms with Gasteiger partial charge in [-0.25, -0.2) is 0 Å². The number of ketones is 2. The fraction of sp³-hybridized carbons (Fsp3) is 0.273. The van der Waals surface area contributed by atoms with Crippen LogP contribution in [0.15, 0.2) is 18.2 Å². The summed E-state index contributed by atoms with van der Waals surface area (Å²) in [6.45, 7) is 1.97. The fourth-order valence-electron chi connectivity index (χ4n) is 1.64. The van der Waals surface area contributed by atoms with Crippen LogP contribution in [0.1, 0.15) is 33.2 Å². The first-order chi connectivity index (χ1) is 6.65. The summed E-state index contributed by atoms with van der Waals surface area (Å²) in [5.41, 5.74) is 1.71. The molecule has 72 valence electrons. The van der Waals surface area contributed by atoms with Crippen molar-refractivity contribution in [1.82, 2.24) is 0 Å². The summed E-state index contributed by atoms with van der Waals surface area (Å²) in [6.07, 6.45) is -0.665. The molecule has 1 aromatic rings. The van der Waals surface area contributed by atoms with E-state index in [0.29, 0.717) is 11.1 Å². The molecule has 1 aliphatic rings. The van der Waals surface area contributed by atoms with Crippen molar-refractivity contribution in [3.8, 4) is 0 Å². The van der Waals surface area contributed by atoms with E-state index in [2.05, 4.69) is 0 Å². The van der Waals surface area contributed by atoms with Crippen LogP contribution in [0.4, 0.5) is 0 Å². The summed E-state index contributed by atoms with van der Waals surface area (Å²) in [5, 5.41) is 9.25. The zero-order valence-electron chi connectivity index (χ0n) is 7.78. The molecule has 1 aliphatic carbocycles. The quantitative estimate of drug-likeness (QED) is 0.672. The third-order valence-corrected chi connectivity index (χ3v) is 2.52. The lowest BCUT2D eigenvalue weighted by atomic mass is 10.0. The van der Waals surface area contributed by atoms with Gasteiger partial charge in [0.05, 0.1) is 0 Å². The van der Waals surface area contributed by atoms with Crippen LogP contribution in [0.25, 0.3) is 0 Å². The number of benzene rings is 1. The van der Waals surface area contributed by atoms with E-state index in [0.717, 1.165) is 12.0 Å². The Bertz CT molecular complexity index is 421. The average Bonchev–Trinajstić information content (AvgIpc) is 2.44. The molecule has 0 bridgehead atoms. The van der Waals surface area contributed by atoms with E-state index >= 15 is 0 Å². The van der Waals surface area contributed by atoms with E-state index < -0.39 is 17.7 Å². The lowest BCUT2D eigenvalue weighted by molar-refractivity contribution is 0.0663. The molecule has 0 radical (unpaired) electrons. The van der Waals surface area contributed by atoms with Crippen molar-refractivity contribution in [2.45, 2.75) is 19.4 Å². The first-order valence-electron chi connectivity index (χ1n) is 4.54. The monoisotopic (exact) mass is 190 g/mol. The van der Waals surface area contributed by atoms with Crippen LogP contribution < -0.4 is 0 Å². The van der Waals surface area contributed by atoms with Crippen LogP contribution in [-0.4, -0.2) is 22.8 Å². The molecule has 0 saturated heterocycles. The van der Waals surface area contributed by atoms with Gasteiger partial charge in [-0.05, 0) is 18.1 Å². The molecule has 1 unspecified atom stereocenters. The molecule has 0 aromatic heterocycles. The maximum Gasteiger partial charge on any atom is 0.200 e. The summed E-state index contributed by atoms with van der Waals surface area (Å²) in [7, 11) is 0. The maximum absolute atomic E-state index is 11.4. The van der Waals surface area contributed by atoms with Crippen molar-refractivity contribution in [1.29, 1.82) is 0 Å². The van der Waals surface area contributed by atoms with E-state index in [4.69, 9.17) is 0 Å². The number of carbonyl (C=O) groups excluding carboxylic acids is 2. The number of hydrogen-bond donors (Lipinski definition) is 1. The van der Waals surface area contributed by atoms with Gasteiger partial charge in [-0.15, -0.1) is 0 Å². The summed E-state index contributed by atoms with van der Waals surface area (Å²) in [5.74, 6) is -0.951. The summed E-state index contributed by atoms with van der Waals surface area (Å²) in [4.78, 5) is 22.7. The van der Waals surface area contributed by atoms with Crippen LogP contribution in [-0.2, 0) is 6.42 Å². The molecule has 0 fully saturated rings. The molecule has 0 heterocycles. The Balaban J connectivity index is 2.59. The van der Waals surface area contributed by atoms with Crippen LogP contribution in [0.5, 0.6) is 0 Å². The van der Waals surface area contributed by atoms with Crippen LogP contribution >= 0.6 is 0 Å². The number of aliphatic hydroxyl groups excluding tert-OH is 1. The first kappa shape index (κ1) is 9.09. The third kappa shape index (κ3) is 1.09. The first-order valence-corrected chi connectivity index (χ1v) is 4.54. The van der Waals surface area contributed by atoms with Crippen molar-refractivity contribution >= 4 is 11.6 Å². The highest BCUT2D eigenvalue weighted by Gasteiger charge is 2.36. The molecule has 0 saturated carbocycles. The van der Waals surface area contributed by atoms with E-state index in [1.807, 2.05) is 13.0 Å². The Kier molecular flexibility index (Phi) is 1.97. The SMILES string of the molecule is CCc1ccc2c(c1)C(=O)C(O)C2=O. The molecule has 1 N–H and O–H groups in total. The lowest BCUT2D eigenvalue weighted by Crippen LogP contribution is -2.20. The lowest BCUT2D eigenvalue weighted by Gasteiger charge is -1.98. The molecule has 2 rings (SSSR count). The zero-order chi connectivity index (χ0) is 10.3. The molecule has 1 atom stereocenters. The van der Waals surface area contributed by atoms with Crippen molar-refractivity contribution in [2.24, 2.45) is 0 Å². The van der Waals surface area contributed by atoms with Gasteiger partial charge in [0.2, 0.25) is 0 Å². The normalized spacial score (nSPS) is 20.0. The van der Waals surface area contributed by atoms with E-state index in [9.17, 15) is 14.7 Å². The number of hydrogen-bond acceptors (Lipinski definition) is 3. The minimum Gasteiger partial charge on any atom is -0.377 e. The Morgan fingerprint density at radius 1 is 1.21 bits per heavy atom. The van der Waals surface area contributed by atoms with E-state index in [1.54, 1.807) is 12.1 Å². The molecule has 0 amide bonds. The third-order valence-electron chi connectivity index (χ3n) is 2.52. The summed E-state index contributed by atoms with van der Waals surface area (Å²) in [6, 6.07) is 5.11.